The van der Waals surface area contributed by atoms with Gasteiger partial charge in [-0.2, -0.15) is 0 Å². The van der Waals surface area contributed by atoms with E-state index in [1.807, 2.05) is 13.1 Å². The lowest BCUT2D eigenvalue weighted by Gasteiger charge is -2.19. The molecule has 0 spiro atoms. The Bertz CT molecular complexity index is 446. The number of hydrogen-bond donors (Lipinski definition) is 0. The molecule has 1 aliphatic heterocycles. The first-order valence-electron chi connectivity index (χ1n) is 6.21. The van der Waals surface area contributed by atoms with Crippen LogP contribution in [0.25, 0.3) is 0 Å². The highest BCUT2D eigenvalue weighted by atomic mass is 15.1. The zero-order chi connectivity index (χ0) is 12.3. The first kappa shape index (κ1) is 11.9. The van der Waals surface area contributed by atoms with Crippen molar-refractivity contribution in [3.8, 4) is 0 Å². The van der Waals surface area contributed by atoms with Crippen LogP contribution in [-0.4, -0.2) is 17.7 Å². The molecule has 0 saturated carbocycles. The second-order valence-electron chi connectivity index (χ2n) is 4.60. The molecule has 1 aliphatic rings. The van der Waals surface area contributed by atoms with Gasteiger partial charge in [0.2, 0.25) is 0 Å². The molecule has 0 amide bonds. The van der Waals surface area contributed by atoms with Gasteiger partial charge in [0.1, 0.15) is 0 Å². The second kappa shape index (κ2) is 5.17. The third-order valence-electron chi connectivity index (χ3n) is 3.24. The number of aryl methyl sites for hydroxylation is 1. The van der Waals surface area contributed by atoms with E-state index in [1.54, 1.807) is 0 Å². The highest BCUT2D eigenvalue weighted by Gasteiger charge is 2.14. The van der Waals surface area contributed by atoms with Gasteiger partial charge in [-0.05, 0) is 43.9 Å². The summed E-state index contributed by atoms with van der Waals surface area (Å²) in [5.41, 5.74) is 4.93. The minimum atomic E-state index is 0.982. The fraction of sp³-hybridized carbons (Fsp3) is 0.400. The number of likely N-dealkylation sites (tertiary alicyclic amines) is 1. The number of aliphatic imine (C=N–C) groups is 1. The number of rotatable bonds is 3. The molecular weight excluding hydrogens is 208 g/mol. The molecule has 17 heavy (non-hydrogen) atoms. The van der Waals surface area contributed by atoms with E-state index in [1.165, 1.54) is 23.2 Å². The van der Waals surface area contributed by atoms with E-state index in [2.05, 4.69) is 41.6 Å². The van der Waals surface area contributed by atoms with Crippen LogP contribution in [-0.2, 0) is 6.54 Å². The van der Waals surface area contributed by atoms with Crippen LogP contribution >= 0.6 is 0 Å². The molecule has 0 atom stereocenters. The fourth-order valence-electron chi connectivity index (χ4n) is 2.30. The second-order valence-corrected chi connectivity index (χ2v) is 4.60. The zero-order valence-electron chi connectivity index (χ0n) is 10.7. The van der Waals surface area contributed by atoms with Gasteiger partial charge in [0.25, 0.3) is 0 Å². The number of benzene rings is 1. The molecular formula is C15H20N2. The maximum atomic E-state index is 4.34. The predicted octanol–water partition coefficient (Wildman–Crippen LogP) is 3.83. The average molecular weight is 228 g/mol. The Morgan fingerprint density at radius 3 is 2.88 bits per heavy atom. The summed E-state index contributed by atoms with van der Waals surface area (Å²) < 4.78 is 0. The Balaban J connectivity index is 2.12. The molecule has 2 rings (SSSR count). The van der Waals surface area contributed by atoms with Crippen LogP contribution in [0.4, 0.5) is 5.69 Å². The van der Waals surface area contributed by atoms with Crippen molar-refractivity contribution >= 4 is 11.9 Å². The lowest BCUT2D eigenvalue weighted by Crippen LogP contribution is -2.16. The monoisotopic (exact) mass is 228 g/mol. The summed E-state index contributed by atoms with van der Waals surface area (Å²) in [6.45, 7) is 10.3. The maximum Gasteiger partial charge on any atom is 0.0654 e. The molecule has 1 aromatic rings. The van der Waals surface area contributed by atoms with Crippen molar-refractivity contribution in [1.82, 2.24) is 4.90 Å². The molecule has 0 radical (unpaired) electrons. The van der Waals surface area contributed by atoms with Crippen molar-refractivity contribution in [2.45, 2.75) is 33.2 Å². The van der Waals surface area contributed by atoms with Crippen molar-refractivity contribution < 1.29 is 0 Å². The third kappa shape index (κ3) is 2.76. The van der Waals surface area contributed by atoms with Crippen LogP contribution < -0.4 is 0 Å². The summed E-state index contributed by atoms with van der Waals surface area (Å²) in [5, 5.41) is 0. The van der Waals surface area contributed by atoms with E-state index in [-0.39, 0.29) is 0 Å². The molecule has 0 aromatic heterocycles. The Labute approximate surface area is 104 Å². The van der Waals surface area contributed by atoms with E-state index in [9.17, 15) is 0 Å². The minimum absolute atomic E-state index is 0.982. The van der Waals surface area contributed by atoms with Crippen LogP contribution in [0.1, 0.15) is 30.9 Å². The smallest absolute Gasteiger partial charge is 0.0654 e. The molecule has 90 valence electrons. The summed E-state index contributed by atoms with van der Waals surface area (Å²) in [4.78, 5) is 6.71. The van der Waals surface area contributed by atoms with Crippen LogP contribution in [0.15, 0.2) is 35.5 Å². The molecule has 1 heterocycles. The first-order chi connectivity index (χ1) is 8.20. The lowest BCUT2D eigenvalue weighted by atomic mass is 10.1. The van der Waals surface area contributed by atoms with Crippen LogP contribution in [0.2, 0.25) is 0 Å². The van der Waals surface area contributed by atoms with E-state index < -0.39 is 0 Å². The summed E-state index contributed by atoms with van der Waals surface area (Å²) in [6.07, 6.45) is 4.23. The van der Waals surface area contributed by atoms with Gasteiger partial charge in [-0.15, -0.1) is 0 Å². The van der Waals surface area contributed by atoms with Crippen LogP contribution in [0, 0.1) is 6.92 Å². The van der Waals surface area contributed by atoms with Crippen molar-refractivity contribution in [2.24, 2.45) is 4.99 Å². The van der Waals surface area contributed by atoms with E-state index in [0.717, 1.165) is 25.2 Å². The highest BCUT2D eigenvalue weighted by Crippen LogP contribution is 2.24. The summed E-state index contributed by atoms with van der Waals surface area (Å²) >= 11 is 0. The topological polar surface area (TPSA) is 15.6 Å². The SMILES string of the molecule is C=C1CCCN1Cc1ccc(N=CC)c(C)c1. The minimum Gasteiger partial charge on any atom is -0.371 e. The van der Waals surface area contributed by atoms with Crippen LogP contribution in [0.5, 0.6) is 0 Å². The van der Waals surface area contributed by atoms with Gasteiger partial charge in [0, 0.05) is 25.0 Å². The molecule has 1 fully saturated rings. The Morgan fingerprint density at radius 2 is 2.29 bits per heavy atom. The Hall–Kier alpha value is -1.57. The number of allylic oxidation sites excluding steroid dienone is 1. The van der Waals surface area contributed by atoms with Crippen molar-refractivity contribution in [1.29, 1.82) is 0 Å². The Morgan fingerprint density at radius 1 is 1.47 bits per heavy atom. The standard InChI is InChI=1S/C15H20N2/c1-4-16-15-8-7-14(10-12(15)2)11-17-9-5-6-13(17)3/h4,7-8,10H,3,5-6,9,11H2,1-2H3. The lowest BCUT2D eigenvalue weighted by molar-refractivity contribution is 0.387. The normalized spacial score (nSPS) is 16.1. The van der Waals surface area contributed by atoms with E-state index in [0.29, 0.717) is 0 Å². The molecule has 0 aliphatic carbocycles. The van der Waals surface area contributed by atoms with E-state index in [4.69, 9.17) is 0 Å². The van der Waals surface area contributed by atoms with Gasteiger partial charge < -0.3 is 4.90 Å². The zero-order valence-corrected chi connectivity index (χ0v) is 10.7. The van der Waals surface area contributed by atoms with Crippen molar-refractivity contribution in [3.05, 3.63) is 41.6 Å². The molecule has 1 saturated heterocycles. The van der Waals surface area contributed by atoms with Gasteiger partial charge in [0.05, 0.1) is 5.69 Å². The largest absolute Gasteiger partial charge is 0.371 e. The van der Waals surface area contributed by atoms with Crippen molar-refractivity contribution in [2.75, 3.05) is 6.54 Å². The molecule has 2 nitrogen and oxygen atoms in total. The van der Waals surface area contributed by atoms with Crippen molar-refractivity contribution in [3.63, 3.8) is 0 Å². The van der Waals surface area contributed by atoms with Gasteiger partial charge in [-0.25, -0.2) is 0 Å². The van der Waals surface area contributed by atoms with Crippen LogP contribution in [0.3, 0.4) is 0 Å². The fourth-order valence-corrected chi connectivity index (χ4v) is 2.30. The van der Waals surface area contributed by atoms with Gasteiger partial charge >= 0.3 is 0 Å². The predicted molar refractivity (Wildman–Crippen MR) is 73.8 cm³/mol. The molecule has 2 heteroatoms. The van der Waals surface area contributed by atoms with E-state index >= 15 is 0 Å². The number of nitrogens with zero attached hydrogens (tertiary/aromatic N) is 2. The van der Waals surface area contributed by atoms with Gasteiger partial charge in [-0.1, -0.05) is 18.7 Å². The summed E-state index contributed by atoms with van der Waals surface area (Å²) in [7, 11) is 0. The quantitative estimate of drug-likeness (QED) is 0.718. The summed E-state index contributed by atoms with van der Waals surface area (Å²) in [5.74, 6) is 0. The third-order valence-corrected chi connectivity index (χ3v) is 3.24. The molecule has 0 N–H and O–H groups in total. The Kier molecular flexibility index (Phi) is 3.62. The first-order valence-corrected chi connectivity index (χ1v) is 6.21. The molecule has 0 unspecified atom stereocenters. The summed E-state index contributed by atoms with van der Waals surface area (Å²) in [6, 6.07) is 6.50. The molecule has 0 bridgehead atoms. The average Bonchev–Trinajstić information content (AvgIpc) is 2.69. The maximum absolute atomic E-state index is 4.34. The van der Waals surface area contributed by atoms with Gasteiger partial charge in [0.15, 0.2) is 0 Å². The molecule has 1 aromatic carbocycles. The van der Waals surface area contributed by atoms with Gasteiger partial charge in [-0.3, -0.25) is 4.99 Å². The highest BCUT2D eigenvalue weighted by molar-refractivity contribution is 5.62. The number of hydrogen-bond acceptors (Lipinski definition) is 2.